The van der Waals surface area contributed by atoms with Gasteiger partial charge in [0.2, 0.25) is 0 Å². The van der Waals surface area contributed by atoms with E-state index in [9.17, 15) is 0 Å². The number of guanidine groups is 1. The standard InChI is InChI=1S/C19H38N4.HI/c1-4-20-18(23-16-11-19(2,3)17-23)21-12-7-5-8-13-22-14-9-6-10-15-22;/h4-17H2,1-3H3,(H,20,21);1H. The van der Waals surface area contributed by atoms with Gasteiger partial charge in [0.05, 0.1) is 0 Å². The maximum atomic E-state index is 4.86. The van der Waals surface area contributed by atoms with Crippen molar-refractivity contribution in [1.29, 1.82) is 0 Å². The first kappa shape index (κ1) is 22.0. The molecule has 0 atom stereocenters. The van der Waals surface area contributed by atoms with Crippen LogP contribution in [0.5, 0.6) is 0 Å². The topological polar surface area (TPSA) is 30.9 Å². The van der Waals surface area contributed by atoms with Crippen LogP contribution in [0.4, 0.5) is 0 Å². The Morgan fingerprint density at radius 1 is 1.04 bits per heavy atom. The molecule has 0 amide bonds. The van der Waals surface area contributed by atoms with E-state index < -0.39 is 0 Å². The molecule has 2 aliphatic heterocycles. The number of aliphatic imine (C=N–C) groups is 1. The molecule has 2 aliphatic rings. The van der Waals surface area contributed by atoms with Gasteiger partial charge in [-0.05, 0) is 64.1 Å². The molecule has 0 spiro atoms. The zero-order chi connectivity index (χ0) is 16.5. The van der Waals surface area contributed by atoms with E-state index in [0.29, 0.717) is 5.41 Å². The summed E-state index contributed by atoms with van der Waals surface area (Å²) >= 11 is 0. The Labute approximate surface area is 166 Å². The highest BCUT2D eigenvalue weighted by atomic mass is 127. The van der Waals surface area contributed by atoms with Gasteiger partial charge in [0.25, 0.3) is 0 Å². The Morgan fingerprint density at radius 3 is 2.42 bits per heavy atom. The van der Waals surface area contributed by atoms with E-state index in [1.54, 1.807) is 0 Å². The second kappa shape index (κ2) is 11.6. The van der Waals surface area contributed by atoms with Gasteiger partial charge in [0.15, 0.2) is 5.96 Å². The minimum atomic E-state index is 0. The normalized spacial score (nSPS) is 21.6. The number of rotatable bonds is 7. The average Bonchev–Trinajstić information content (AvgIpc) is 2.90. The van der Waals surface area contributed by atoms with Crippen LogP contribution in [0.3, 0.4) is 0 Å². The van der Waals surface area contributed by atoms with Crippen LogP contribution in [0.15, 0.2) is 4.99 Å². The second-order valence-electron chi connectivity index (χ2n) is 8.03. The third-order valence-electron chi connectivity index (χ3n) is 5.15. The van der Waals surface area contributed by atoms with Gasteiger partial charge >= 0.3 is 0 Å². The van der Waals surface area contributed by atoms with Gasteiger partial charge in [-0.3, -0.25) is 4.99 Å². The molecule has 0 unspecified atom stereocenters. The largest absolute Gasteiger partial charge is 0.357 e. The highest BCUT2D eigenvalue weighted by Crippen LogP contribution is 2.28. The van der Waals surface area contributed by atoms with Crippen LogP contribution >= 0.6 is 24.0 Å². The van der Waals surface area contributed by atoms with Crippen LogP contribution < -0.4 is 5.32 Å². The lowest BCUT2D eigenvalue weighted by molar-refractivity contribution is 0.224. The highest BCUT2D eigenvalue weighted by Gasteiger charge is 2.30. The van der Waals surface area contributed by atoms with Crippen LogP contribution in [-0.2, 0) is 0 Å². The summed E-state index contributed by atoms with van der Waals surface area (Å²) in [6.07, 6.45) is 9.39. The summed E-state index contributed by atoms with van der Waals surface area (Å²) in [5.74, 6) is 1.13. The third-order valence-corrected chi connectivity index (χ3v) is 5.15. The predicted octanol–water partition coefficient (Wildman–Crippen LogP) is 3.96. The zero-order valence-electron chi connectivity index (χ0n) is 16.1. The smallest absolute Gasteiger partial charge is 0.193 e. The monoisotopic (exact) mass is 450 g/mol. The van der Waals surface area contributed by atoms with Crippen molar-refractivity contribution in [3.05, 3.63) is 0 Å². The summed E-state index contributed by atoms with van der Waals surface area (Å²) in [6.45, 7) is 15.0. The van der Waals surface area contributed by atoms with Crippen LogP contribution in [0, 0.1) is 5.41 Å². The summed E-state index contributed by atoms with van der Waals surface area (Å²) in [5.41, 5.74) is 0.435. The number of hydrogen-bond acceptors (Lipinski definition) is 2. The number of piperidine rings is 1. The quantitative estimate of drug-likeness (QED) is 0.276. The van der Waals surface area contributed by atoms with E-state index >= 15 is 0 Å². The molecule has 2 heterocycles. The van der Waals surface area contributed by atoms with Crippen molar-refractivity contribution in [3.8, 4) is 0 Å². The minimum Gasteiger partial charge on any atom is -0.357 e. The van der Waals surface area contributed by atoms with Crippen LogP contribution in [0.25, 0.3) is 0 Å². The zero-order valence-corrected chi connectivity index (χ0v) is 18.5. The van der Waals surface area contributed by atoms with Crippen molar-refractivity contribution < 1.29 is 0 Å². The number of nitrogens with one attached hydrogen (secondary N) is 1. The van der Waals surface area contributed by atoms with Crippen molar-refractivity contribution in [2.45, 2.75) is 65.7 Å². The van der Waals surface area contributed by atoms with Gasteiger partial charge < -0.3 is 15.1 Å². The molecule has 2 rings (SSSR count). The van der Waals surface area contributed by atoms with Crippen LogP contribution in [0.2, 0.25) is 0 Å². The number of hydrogen-bond donors (Lipinski definition) is 1. The van der Waals surface area contributed by atoms with Crippen molar-refractivity contribution in [2.75, 3.05) is 45.8 Å². The highest BCUT2D eigenvalue weighted by molar-refractivity contribution is 14.0. The molecule has 0 aromatic heterocycles. The van der Waals surface area contributed by atoms with Crippen LogP contribution in [0.1, 0.15) is 65.7 Å². The predicted molar refractivity (Wildman–Crippen MR) is 116 cm³/mol. The fraction of sp³-hybridized carbons (Fsp3) is 0.947. The second-order valence-corrected chi connectivity index (χ2v) is 8.03. The lowest BCUT2D eigenvalue weighted by Crippen LogP contribution is -2.40. The molecule has 0 radical (unpaired) electrons. The lowest BCUT2D eigenvalue weighted by atomic mass is 9.93. The van der Waals surface area contributed by atoms with E-state index in [2.05, 4.69) is 35.9 Å². The minimum absolute atomic E-state index is 0. The molecular formula is C19H39IN4. The molecule has 5 heteroatoms. The molecule has 0 aromatic carbocycles. The van der Waals surface area contributed by atoms with Gasteiger partial charge in [-0.25, -0.2) is 0 Å². The van der Waals surface area contributed by atoms with Gasteiger partial charge in [0.1, 0.15) is 0 Å². The van der Waals surface area contributed by atoms with E-state index in [1.807, 2.05) is 0 Å². The maximum absolute atomic E-state index is 4.86. The molecule has 0 bridgehead atoms. The third kappa shape index (κ3) is 7.89. The molecular weight excluding hydrogens is 411 g/mol. The van der Waals surface area contributed by atoms with Gasteiger partial charge in [-0.2, -0.15) is 0 Å². The molecule has 4 nitrogen and oxygen atoms in total. The van der Waals surface area contributed by atoms with Gasteiger partial charge in [0, 0.05) is 26.2 Å². The van der Waals surface area contributed by atoms with E-state index in [0.717, 1.165) is 32.1 Å². The number of halogens is 1. The van der Waals surface area contributed by atoms with Gasteiger partial charge in [-0.15, -0.1) is 24.0 Å². The van der Waals surface area contributed by atoms with Crippen LogP contribution in [-0.4, -0.2) is 61.6 Å². The molecule has 0 aliphatic carbocycles. The van der Waals surface area contributed by atoms with E-state index in [-0.39, 0.29) is 24.0 Å². The summed E-state index contributed by atoms with van der Waals surface area (Å²) in [5, 5.41) is 3.47. The summed E-state index contributed by atoms with van der Waals surface area (Å²) in [7, 11) is 0. The Morgan fingerprint density at radius 2 is 1.79 bits per heavy atom. The fourth-order valence-corrected chi connectivity index (χ4v) is 3.71. The van der Waals surface area contributed by atoms with E-state index in [1.165, 1.54) is 64.6 Å². The molecule has 142 valence electrons. The van der Waals surface area contributed by atoms with Crippen molar-refractivity contribution in [3.63, 3.8) is 0 Å². The van der Waals surface area contributed by atoms with Crippen molar-refractivity contribution >= 4 is 29.9 Å². The first-order valence-corrected chi connectivity index (χ1v) is 9.86. The average molecular weight is 450 g/mol. The first-order chi connectivity index (χ1) is 11.1. The maximum Gasteiger partial charge on any atom is 0.193 e. The molecule has 2 fully saturated rings. The molecule has 0 aromatic rings. The Hall–Kier alpha value is -0.0400. The molecule has 2 saturated heterocycles. The SMILES string of the molecule is CCNC(=NCCCCCN1CCCCC1)N1CCC(C)(C)C1.I. The van der Waals surface area contributed by atoms with Crippen molar-refractivity contribution in [2.24, 2.45) is 10.4 Å². The fourth-order valence-electron chi connectivity index (χ4n) is 3.71. The lowest BCUT2D eigenvalue weighted by Gasteiger charge is -2.26. The summed E-state index contributed by atoms with van der Waals surface area (Å²) < 4.78 is 0. The Balaban J connectivity index is 0.00000288. The molecule has 1 N–H and O–H groups in total. The molecule has 24 heavy (non-hydrogen) atoms. The molecule has 0 saturated carbocycles. The summed E-state index contributed by atoms with van der Waals surface area (Å²) in [4.78, 5) is 9.95. The van der Waals surface area contributed by atoms with E-state index in [4.69, 9.17) is 4.99 Å². The van der Waals surface area contributed by atoms with Gasteiger partial charge in [-0.1, -0.05) is 26.7 Å². The first-order valence-electron chi connectivity index (χ1n) is 9.86. The Kier molecular flexibility index (Phi) is 10.6. The Bertz CT molecular complexity index is 364. The van der Waals surface area contributed by atoms with Crippen molar-refractivity contribution in [1.82, 2.24) is 15.1 Å². The number of likely N-dealkylation sites (tertiary alicyclic amines) is 2. The number of nitrogens with zero attached hydrogens (tertiary/aromatic N) is 3. The summed E-state index contributed by atoms with van der Waals surface area (Å²) in [6, 6.07) is 0. The number of unbranched alkanes of at least 4 members (excludes halogenated alkanes) is 2.